The third-order valence-corrected chi connectivity index (χ3v) is 5.91. The number of rotatable bonds is 8. The van der Waals surface area contributed by atoms with Crippen LogP contribution < -0.4 is 9.46 Å². The lowest BCUT2D eigenvalue weighted by atomic mass is 10.2. The van der Waals surface area contributed by atoms with Crippen LogP contribution in [0.3, 0.4) is 0 Å². The van der Waals surface area contributed by atoms with Gasteiger partial charge in [0.1, 0.15) is 5.75 Å². The zero-order valence-electron chi connectivity index (χ0n) is 17.7. The van der Waals surface area contributed by atoms with Gasteiger partial charge in [-0.1, -0.05) is 13.8 Å². The molecule has 0 saturated carbocycles. The number of hydrogen-bond donors (Lipinski definition) is 1. The largest absolute Gasteiger partial charge is 0.573 e. The zero-order valence-corrected chi connectivity index (χ0v) is 18.5. The van der Waals surface area contributed by atoms with E-state index >= 15 is 0 Å². The van der Waals surface area contributed by atoms with Crippen LogP contribution in [-0.2, 0) is 19.6 Å². The molecule has 0 atom stereocenters. The molecule has 0 radical (unpaired) electrons. The number of alkyl halides is 3. The van der Waals surface area contributed by atoms with Crippen LogP contribution in [0.2, 0.25) is 0 Å². The number of carbonyl (C=O) groups is 2. The maximum Gasteiger partial charge on any atom is 0.573 e. The van der Waals surface area contributed by atoms with Crippen LogP contribution in [0.1, 0.15) is 20.3 Å². The van der Waals surface area contributed by atoms with Crippen molar-refractivity contribution in [1.29, 1.82) is 0 Å². The molecule has 0 aliphatic carbocycles. The third kappa shape index (κ3) is 8.19. The van der Waals surface area contributed by atoms with Gasteiger partial charge in [-0.15, -0.1) is 13.2 Å². The Hall–Kier alpha value is -2.54. The Morgan fingerprint density at radius 3 is 2.16 bits per heavy atom. The Morgan fingerprint density at radius 1 is 1.06 bits per heavy atom. The van der Waals surface area contributed by atoms with Crippen molar-refractivity contribution in [2.75, 3.05) is 39.3 Å². The van der Waals surface area contributed by atoms with Gasteiger partial charge in [0.05, 0.1) is 11.5 Å². The fourth-order valence-corrected chi connectivity index (χ4v) is 3.85. The summed E-state index contributed by atoms with van der Waals surface area (Å²) in [4.78, 5) is 27.1. The van der Waals surface area contributed by atoms with E-state index in [0.29, 0.717) is 32.8 Å². The van der Waals surface area contributed by atoms with Gasteiger partial charge in [0, 0.05) is 39.1 Å². The fraction of sp³-hybridized carbons (Fsp3) is 0.579. The minimum Gasteiger partial charge on any atom is -0.449 e. The third-order valence-electron chi connectivity index (χ3n) is 4.43. The van der Waals surface area contributed by atoms with E-state index in [2.05, 4.69) is 9.46 Å². The topological polar surface area (TPSA) is 105 Å². The Labute approximate surface area is 184 Å². The molecule has 0 bridgehead atoms. The van der Waals surface area contributed by atoms with E-state index in [0.717, 1.165) is 24.3 Å². The molecule has 1 aliphatic heterocycles. The van der Waals surface area contributed by atoms with Crippen LogP contribution in [-0.4, -0.2) is 75.9 Å². The molecule has 1 aromatic carbocycles. The smallest absolute Gasteiger partial charge is 0.449 e. The molecule has 1 aromatic rings. The molecule has 0 spiro atoms. The highest BCUT2D eigenvalue weighted by atomic mass is 32.2. The predicted molar refractivity (Wildman–Crippen MR) is 107 cm³/mol. The molecular weight excluding hydrogens is 455 g/mol. The lowest BCUT2D eigenvalue weighted by molar-refractivity contribution is -0.274. The molecule has 32 heavy (non-hydrogen) atoms. The molecule has 9 nitrogen and oxygen atoms in total. The summed E-state index contributed by atoms with van der Waals surface area (Å²) >= 11 is 0. The maximum absolute atomic E-state index is 12.3. The molecule has 1 N–H and O–H groups in total. The second-order valence-electron chi connectivity index (χ2n) is 7.51. The lowest BCUT2D eigenvalue weighted by Gasteiger charge is -2.34. The Balaban J connectivity index is 1.77. The van der Waals surface area contributed by atoms with E-state index in [1.165, 1.54) is 9.80 Å². The van der Waals surface area contributed by atoms with Crippen molar-refractivity contribution in [1.82, 2.24) is 14.5 Å². The number of ether oxygens (including phenoxy) is 2. The zero-order chi connectivity index (χ0) is 23.9. The number of hydrogen-bond acceptors (Lipinski definition) is 6. The number of sulfonamides is 1. The van der Waals surface area contributed by atoms with Gasteiger partial charge in [-0.25, -0.2) is 17.9 Å². The molecule has 1 fully saturated rings. The van der Waals surface area contributed by atoms with Crippen LogP contribution in [0.25, 0.3) is 0 Å². The van der Waals surface area contributed by atoms with E-state index in [4.69, 9.17) is 4.74 Å². The van der Waals surface area contributed by atoms with Crippen molar-refractivity contribution in [3.05, 3.63) is 24.3 Å². The first-order chi connectivity index (χ1) is 14.9. The van der Waals surface area contributed by atoms with Crippen molar-refractivity contribution < 1.29 is 40.7 Å². The van der Waals surface area contributed by atoms with Crippen molar-refractivity contribution in [3.63, 3.8) is 0 Å². The Morgan fingerprint density at radius 2 is 1.62 bits per heavy atom. The first-order valence-corrected chi connectivity index (χ1v) is 11.4. The second kappa shape index (κ2) is 10.9. The van der Waals surface area contributed by atoms with Gasteiger partial charge in [0.25, 0.3) is 0 Å². The Kier molecular flexibility index (Phi) is 8.73. The minimum atomic E-state index is -4.88. The summed E-state index contributed by atoms with van der Waals surface area (Å²) in [6.07, 6.45) is -5.41. The van der Waals surface area contributed by atoms with Gasteiger partial charge in [-0.2, -0.15) is 0 Å². The molecule has 1 heterocycles. The molecule has 180 valence electrons. The monoisotopic (exact) mass is 481 g/mol. The van der Waals surface area contributed by atoms with Crippen LogP contribution in [0.5, 0.6) is 5.75 Å². The van der Waals surface area contributed by atoms with Crippen LogP contribution >= 0.6 is 0 Å². The van der Waals surface area contributed by atoms with Crippen molar-refractivity contribution in [2.45, 2.75) is 31.5 Å². The number of benzene rings is 1. The number of nitrogens with one attached hydrogen (secondary N) is 1. The Bertz CT molecular complexity index is 883. The number of carbonyl (C=O) groups excluding carboxylic acids is 2. The van der Waals surface area contributed by atoms with Crippen LogP contribution in [0.15, 0.2) is 29.2 Å². The molecule has 1 saturated heterocycles. The normalized spacial score (nSPS) is 15.1. The summed E-state index contributed by atoms with van der Waals surface area (Å²) in [5.41, 5.74) is 0. The SMILES string of the molecule is CC(C)COC(=O)N1CCN(C(=O)CCNS(=O)(=O)c2ccc(OC(F)(F)F)cc2)CC1. The second-order valence-corrected chi connectivity index (χ2v) is 9.27. The number of halogens is 3. The highest BCUT2D eigenvalue weighted by Crippen LogP contribution is 2.23. The highest BCUT2D eigenvalue weighted by Gasteiger charge is 2.31. The maximum atomic E-state index is 12.3. The standard InChI is InChI=1S/C19H26F3N3O6S/c1-14(2)13-30-18(27)25-11-9-24(10-12-25)17(26)7-8-23-32(28,29)16-5-3-15(4-6-16)31-19(20,21)22/h3-6,14,23H,7-13H2,1-2H3. The lowest BCUT2D eigenvalue weighted by Crippen LogP contribution is -2.51. The summed E-state index contributed by atoms with van der Waals surface area (Å²) in [6.45, 7) is 5.24. The first kappa shape index (κ1) is 25.7. The molecule has 0 unspecified atom stereocenters. The van der Waals surface area contributed by atoms with Crippen LogP contribution in [0.4, 0.5) is 18.0 Å². The summed E-state index contributed by atoms with van der Waals surface area (Å²) in [5, 5.41) is 0. The van der Waals surface area contributed by atoms with E-state index in [1.54, 1.807) is 0 Å². The molecular formula is C19H26F3N3O6S. The summed E-state index contributed by atoms with van der Waals surface area (Å²) in [7, 11) is -4.01. The van der Waals surface area contributed by atoms with E-state index in [1.807, 2.05) is 13.8 Å². The van der Waals surface area contributed by atoms with Crippen molar-refractivity contribution in [3.8, 4) is 5.75 Å². The van der Waals surface area contributed by atoms with Crippen molar-refractivity contribution in [2.24, 2.45) is 5.92 Å². The van der Waals surface area contributed by atoms with Gasteiger partial charge < -0.3 is 19.3 Å². The van der Waals surface area contributed by atoms with Gasteiger partial charge in [-0.05, 0) is 30.2 Å². The van der Waals surface area contributed by atoms with E-state index in [-0.39, 0.29) is 29.7 Å². The quantitative estimate of drug-likeness (QED) is 0.610. The molecule has 1 aliphatic rings. The summed E-state index contributed by atoms with van der Waals surface area (Å²) in [5.74, 6) is -0.604. The molecule has 0 aromatic heterocycles. The van der Waals surface area contributed by atoms with E-state index in [9.17, 15) is 31.2 Å². The fourth-order valence-electron chi connectivity index (χ4n) is 2.82. The van der Waals surface area contributed by atoms with Crippen LogP contribution in [0, 0.1) is 5.92 Å². The summed E-state index contributed by atoms with van der Waals surface area (Å²) < 4.78 is 72.2. The van der Waals surface area contributed by atoms with Gasteiger partial charge in [0.2, 0.25) is 15.9 Å². The average molecular weight is 481 g/mol. The van der Waals surface area contributed by atoms with Crippen molar-refractivity contribution >= 4 is 22.0 Å². The molecule has 2 amide bonds. The number of piperazine rings is 1. The predicted octanol–water partition coefficient (Wildman–Crippen LogP) is 2.19. The van der Waals surface area contributed by atoms with Gasteiger partial charge in [0.15, 0.2) is 0 Å². The summed E-state index contributed by atoms with van der Waals surface area (Å²) in [6, 6.07) is 3.73. The van der Waals surface area contributed by atoms with E-state index < -0.39 is 28.2 Å². The first-order valence-electron chi connectivity index (χ1n) is 9.92. The molecule has 13 heteroatoms. The van der Waals surface area contributed by atoms with Gasteiger partial charge in [-0.3, -0.25) is 4.79 Å². The average Bonchev–Trinajstić information content (AvgIpc) is 2.71. The van der Waals surface area contributed by atoms with Gasteiger partial charge >= 0.3 is 12.5 Å². The number of nitrogens with zero attached hydrogens (tertiary/aromatic N) is 2. The minimum absolute atomic E-state index is 0.105. The molecule has 2 rings (SSSR count). The number of amides is 2. The highest BCUT2D eigenvalue weighted by molar-refractivity contribution is 7.89.